The van der Waals surface area contributed by atoms with Gasteiger partial charge in [0.05, 0.1) is 0 Å². The van der Waals surface area contributed by atoms with Crippen molar-refractivity contribution in [3.63, 3.8) is 0 Å². The summed E-state index contributed by atoms with van der Waals surface area (Å²) in [5.41, 5.74) is 0.911. The Morgan fingerprint density at radius 3 is 2.27 bits per heavy atom. The number of aromatic nitrogens is 2. The Labute approximate surface area is 176 Å². The summed E-state index contributed by atoms with van der Waals surface area (Å²) in [5.74, 6) is 1.64. The summed E-state index contributed by atoms with van der Waals surface area (Å²) in [4.78, 5) is 25.7. The predicted molar refractivity (Wildman–Crippen MR) is 111 cm³/mol. The van der Waals surface area contributed by atoms with Crippen LogP contribution in [-0.4, -0.2) is 72.8 Å². The molecule has 0 aromatic carbocycles. The first-order valence-corrected chi connectivity index (χ1v) is 11.7. The maximum absolute atomic E-state index is 12.9. The van der Waals surface area contributed by atoms with Gasteiger partial charge in [0.1, 0.15) is 22.3 Å². The monoisotopic (exact) mass is 433 g/mol. The van der Waals surface area contributed by atoms with Crippen LogP contribution in [-0.2, 0) is 10.0 Å². The second-order valence-electron chi connectivity index (χ2n) is 7.84. The van der Waals surface area contributed by atoms with E-state index >= 15 is 0 Å². The van der Waals surface area contributed by atoms with E-state index in [1.54, 1.807) is 11.8 Å². The number of piperazine rings is 1. The zero-order chi connectivity index (χ0) is 21.5. The molecular weight excluding hydrogens is 406 g/mol. The van der Waals surface area contributed by atoms with Crippen molar-refractivity contribution in [3.8, 4) is 0 Å². The lowest BCUT2D eigenvalue weighted by Crippen LogP contribution is -2.49. The van der Waals surface area contributed by atoms with Crippen molar-refractivity contribution in [2.45, 2.75) is 38.5 Å². The molecule has 10 heteroatoms. The molecular formula is C20H27N5O4S. The van der Waals surface area contributed by atoms with Gasteiger partial charge in [-0.2, -0.15) is 4.31 Å². The van der Waals surface area contributed by atoms with Crippen LogP contribution in [0.5, 0.6) is 0 Å². The molecule has 0 aliphatic carbocycles. The molecule has 2 aliphatic rings. The van der Waals surface area contributed by atoms with E-state index in [9.17, 15) is 13.2 Å². The van der Waals surface area contributed by atoms with Gasteiger partial charge in [-0.1, -0.05) is 0 Å². The number of hydrogen-bond donors (Lipinski definition) is 0. The van der Waals surface area contributed by atoms with Crippen LogP contribution >= 0.6 is 0 Å². The van der Waals surface area contributed by atoms with E-state index < -0.39 is 10.0 Å². The van der Waals surface area contributed by atoms with Gasteiger partial charge in [-0.05, 0) is 33.6 Å². The van der Waals surface area contributed by atoms with Crippen molar-refractivity contribution < 1.29 is 17.6 Å². The van der Waals surface area contributed by atoms with Gasteiger partial charge in [0.2, 0.25) is 10.0 Å². The molecule has 0 atom stereocenters. The maximum atomic E-state index is 12.9. The Morgan fingerprint density at radius 1 is 0.967 bits per heavy atom. The SMILES string of the molecule is Cc1cc(N2CCN(C(=O)c3cc(S(=O)(=O)N4CCCC4)c(C)o3)CC2)nc(C)n1. The molecule has 2 fully saturated rings. The highest BCUT2D eigenvalue weighted by atomic mass is 32.2. The molecule has 0 unspecified atom stereocenters. The molecule has 0 radical (unpaired) electrons. The molecule has 1 amide bonds. The van der Waals surface area contributed by atoms with E-state index in [1.165, 1.54) is 10.4 Å². The van der Waals surface area contributed by atoms with Crippen LogP contribution in [0.2, 0.25) is 0 Å². The summed E-state index contributed by atoms with van der Waals surface area (Å²) >= 11 is 0. The largest absolute Gasteiger partial charge is 0.455 e. The molecule has 0 bridgehead atoms. The second kappa shape index (κ2) is 7.99. The number of amides is 1. The number of aryl methyl sites for hydroxylation is 3. The number of carbonyl (C=O) groups is 1. The average molecular weight is 434 g/mol. The number of rotatable bonds is 4. The summed E-state index contributed by atoms with van der Waals surface area (Å²) in [7, 11) is -3.62. The van der Waals surface area contributed by atoms with Crippen LogP contribution < -0.4 is 4.90 Å². The molecule has 0 saturated carbocycles. The van der Waals surface area contributed by atoms with Gasteiger partial charge >= 0.3 is 0 Å². The van der Waals surface area contributed by atoms with Gasteiger partial charge in [-0.3, -0.25) is 4.79 Å². The van der Waals surface area contributed by atoms with Crippen molar-refractivity contribution in [1.82, 2.24) is 19.2 Å². The molecule has 2 aromatic heterocycles. The zero-order valence-corrected chi connectivity index (χ0v) is 18.4. The standard InChI is InChI=1S/C20H27N5O4S/c1-14-12-19(22-16(3)21-14)23-8-10-24(11-9-23)20(26)17-13-18(15(2)29-17)30(27,28)25-6-4-5-7-25/h12-13H,4-11H2,1-3H3. The van der Waals surface area contributed by atoms with Gasteiger partial charge in [-0.25, -0.2) is 18.4 Å². The van der Waals surface area contributed by atoms with Gasteiger partial charge in [0.25, 0.3) is 5.91 Å². The summed E-state index contributed by atoms with van der Waals surface area (Å²) in [6.07, 6.45) is 1.72. The number of sulfonamides is 1. The van der Waals surface area contributed by atoms with Crippen molar-refractivity contribution in [2.75, 3.05) is 44.2 Å². The van der Waals surface area contributed by atoms with Gasteiger partial charge in [0.15, 0.2) is 5.76 Å². The normalized spacial score (nSPS) is 18.2. The average Bonchev–Trinajstić information content (AvgIpc) is 3.37. The Bertz CT molecular complexity index is 1030. The zero-order valence-electron chi connectivity index (χ0n) is 17.6. The molecule has 4 heterocycles. The molecule has 4 rings (SSSR count). The van der Waals surface area contributed by atoms with Gasteiger partial charge < -0.3 is 14.2 Å². The third-order valence-electron chi connectivity index (χ3n) is 5.61. The molecule has 9 nitrogen and oxygen atoms in total. The van der Waals surface area contributed by atoms with E-state index in [0.717, 1.165) is 30.2 Å². The Balaban J connectivity index is 1.46. The molecule has 162 valence electrons. The molecule has 0 N–H and O–H groups in total. The Kier molecular flexibility index (Phi) is 5.54. The lowest BCUT2D eigenvalue weighted by atomic mass is 10.2. The predicted octanol–water partition coefficient (Wildman–Crippen LogP) is 1.74. The van der Waals surface area contributed by atoms with E-state index in [1.807, 2.05) is 19.9 Å². The number of furan rings is 1. The summed E-state index contributed by atoms with van der Waals surface area (Å²) in [5, 5.41) is 0. The number of hydrogen-bond acceptors (Lipinski definition) is 7. The minimum Gasteiger partial charge on any atom is -0.455 e. The van der Waals surface area contributed by atoms with Crippen molar-refractivity contribution in [3.05, 3.63) is 35.2 Å². The topological polar surface area (TPSA) is 99.9 Å². The van der Waals surface area contributed by atoms with Crippen LogP contribution in [0.25, 0.3) is 0 Å². The van der Waals surface area contributed by atoms with Crippen LogP contribution in [0, 0.1) is 20.8 Å². The molecule has 2 aromatic rings. The van der Waals surface area contributed by atoms with E-state index in [0.29, 0.717) is 39.3 Å². The lowest BCUT2D eigenvalue weighted by molar-refractivity contribution is 0.0713. The second-order valence-corrected chi connectivity index (χ2v) is 9.74. The van der Waals surface area contributed by atoms with Gasteiger partial charge in [0, 0.05) is 57.1 Å². The summed E-state index contributed by atoms with van der Waals surface area (Å²) in [6.45, 7) is 8.72. The first kappa shape index (κ1) is 20.8. The first-order chi connectivity index (χ1) is 14.3. The maximum Gasteiger partial charge on any atom is 0.289 e. The Hall–Kier alpha value is -2.46. The molecule has 0 spiro atoms. The van der Waals surface area contributed by atoms with Crippen molar-refractivity contribution >= 4 is 21.7 Å². The quantitative estimate of drug-likeness (QED) is 0.724. The minimum absolute atomic E-state index is 0.0763. The minimum atomic E-state index is -3.62. The van der Waals surface area contributed by atoms with Crippen molar-refractivity contribution in [1.29, 1.82) is 0 Å². The number of anilines is 1. The molecule has 30 heavy (non-hydrogen) atoms. The van der Waals surface area contributed by atoms with Gasteiger partial charge in [-0.15, -0.1) is 0 Å². The third kappa shape index (κ3) is 3.93. The fourth-order valence-corrected chi connectivity index (χ4v) is 5.73. The van der Waals surface area contributed by atoms with Crippen molar-refractivity contribution in [2.24, 2.45) is 0 Å². The van der Waals surface area contributed by atoms with E-state index in [-0.39, 0.29) is 22.3 Å². The number of carbonyl (C=O) groups excluding carboxylic acids is 1. The first-order valence-electron chi connectivity index (χ1n) is 10.2. The molecule has 2 aliphatic heterocycles. The molecule has 2 saturated heterocycles. The summed E-state index contributed by atoms with van der Waals surface area (Å²) in [6, 6.07) is 3.32. The highest BCUT2D eigenvalue weighted by molar-refractivity contribution is 7.89. The fourth-order valence-electron chi connectivity index (χ4n) is 4.05. The van der Waals surface area contributed by atoms with Crippen LogP contribution in [0.15, 0.2) is 21.4 Å². The van der Waals surface area contributed by atoms with E-state index in [4.69, 9.17) is 4.42 Å². The fraction of sp³-hybridized carbons (Fsp3) is 0.550. The summed E-state index contributed by atoms with van der Waals surface area (Å²) < 4.78 is 32.7. The Morgan fingerprint density at radius 2 is 1.63 bits per heavy atom. The van der Waals surface area contributed by atoms with Crippen LogP contribution in [0.1, 0.15) is 40.7 Å². The third-order valence-corrected chi connectivity index (χ3v) is 7.62. The highest BCUT2D eigenvalue weighted by Crippen LogP contribution is 2.27. The van der Waals surface area contributed by atoms with E-state index in [2.05, 4.69) is 14.9 Å². The lowest BCUT2D eigenvalue weighted by Gasteiger charge is -2.35. The number of nitrogens with zero attached hydrogens (tertiary/aromatic N) is 5. The highest BCUT2D eigenvalue weighted by Gasteiger charge is 2.33. The smallest absolute Gasteiger partial charge is 0.289 e. The van der Waals surface area contributed by atoms with Crippen LogP contribution in [0.4, 0.5) is 5.82 Å². The van der Waals surface area contributed by atoms with Crippen LogP contribution in [0.3, 0.4) is 0 Å².